The van der Waals surface area contributed by atoms with Crippen LogP contribution in [0.3, 0.4) is 0 Å². The molecule has 0 aromatic carbocycles. The summed E-state index contributed by atoms with van der Waals surface area (Å²) in [4.78, 5) is 22.9. The SMILES string of the molecule is COCOCCn1cc(-c2cc3c(C)nc(SC)nc3n(C3CCCC3)c2=O)cn1. The number of rotatable bonds is 8. The monoisotopic (exact) mass is 429 g/mol. The maximum atomic E-state index is 13.6. The standard InChI is InChI=1S/C21H27N5O3S/c1-14-17-10-18(15-11-22-25(12-15)8-9-29-13-28-2)20(27)26(16-6-4-5-7-16)19(17)24-21(23-14)30-3/h10-12,16H,4-9,13H2,1-3H3. The molecule has 3 aromatic heterocycles. The highest BCUT2D eigenvalue weighted by molar-refractivity contribution is 7.98. The average Bonchev–Trinajstić information content (AvgIpc) is 3.43. The fraction of sp³-hybridized carbons (Fsp3) is 0.524. The van der Waals surface area contributed by atoms with Gasteiger partial charge in [0.1, 0.15) is 12.4 Å². The van der Waals surface area contributed by atoms with Gasteiger partial charge in [-0.05, 0) is 32.1 Å². The number of pyridine rings is 1. The van der Waals surface area contributed by atoms with Gasteiger partial charge in [-0.15, -0.1) is 0 Å². The van der Waals surface area contributed by atoms with Crippen LogP contribution in [0.2, 0.25) is 0 Å². The normalized spacial score (nSPS) is 14.8. The summed E-state index contributed by atoms with van der Waals surface area (Å²) in [5.41, 5.74) is 3.07. The van der Waals surface area contributed by atoms with E-state index in [2.05, 4.69) is 10.1 Å². The largest absolute Gasteiger partial charge is 0.359 e. The Balaban J connectivity index is 1.79. The lowest BCUT2D eigenvalue weighted by Crippen LogP contribution is -2.26. The van der Waals surface area contributed by atoms with E-state index in [9.17, 15) is 4.79 Å². The van der Waals surface area contributed by atoms with Crippen LogP contribution < -0.4 is 5.56 Å². The van der Waals surface area contributed by atoms with Crippen molar-refractivity contribution in [1.82, 2.24) is 24.3 Å². The van der Waals surface area contributed by atoms with E-state index in [1.807, 2.05) is 30.0 Å². The molecule has 0 aliphatic heterocycles. The Kier molecular flexibility index (Phi) is 6.50. The summed E-state index contributed by atoms with van der Waals surface area (Å²) < 4.78 is 13.9. The molecule has 1 fully saturated rings. The molecule has 3 heterocycles. The Labute approximate surface area is 179 Å². The van der Waals surface area contributed by atoms with Crippen molar-refractivity contribution < 1.29 is 9.47 Å². The second kappa shape index (κ2) is 9.28. The van der Waals surface area contributed by atoms with Crippen molar-refractivity contribution in [2.24, 2.45) is 0 Å². The van der Waals surface area contributed by atoms with Gasteiger partial charge < -0.3 is 9.47 Å². The number of nitrogens with zero attached hydrogens (tertiary/aromatic N) is 5. The van der Waals surface area contributed by atoms with Crippen molar-refractivity contribution in [1.29, 1.82) is 0 Å². The molecule has 1 saturated carbocycles. The lowest BCUT2D eigenvalue weighted by Gasteiger charge is -2.18. The van der Waals surface area contributed by atoms with E-state index in [0.29, 0.717) is 23.9 Å². The van der Waals surface area contributed by atoms with Crippen LogP contribution in [0.15, 0.2) is 28.4 Å². The number of aryl methyl sites for hydroxylation is 1. The zero-order valence-corrected chi connectivity index (χ0v) is 18.4. The summed E-state index contributed by atoms with van der Waals surface area (Å²) in [6.45, 7) is 3.31. The van der Waals surface area contributed by atoms with Crippen LogP contribution in [-0.4, -0.2) is 51.1 Å². The third-order valence-electron chi connectivity index (χ3n) is 5.54. The van der Waals surface area contributed by atoms with Gasteiger partial charge >= 0.3 is 0 Å². The van der Waals surface area contributed by atoms with Crippen molar-refractivity contribution in [2.45, 2.75) is 50.4 Å². The highest BCUT2D eigenvalue weighted by Gasteiger charge is 2.24. The van der Waals surface area contributed by atoms with Crippen LogP contribution in [0, 0.1) is 6.92 Å². The summed E-state index contributed by atoms with van der Waals surface area (Å²) in [5.74, 6) is 0. The van der Waals surface area contributed by atoms with E-state index in [-0.39, 0.29) is 18.4 Å². The van der Waals surface area contributed by atoms with E-state index in [1.54, 1.807) is 18.0 Å². The van der Waals surface area contributed by atoms with Crippen LogP contribution >= 0.6 is 11.8 Å². The molecule has 1 aliphatic rings. The summed E-state index contributed by atoms with van der Waals surface area (Å²) in [6.07, 6.45) is 9.88. The summed E-state index contributed by atoms with van der Waals surface area (Å²) in [7, 11) is 1.59. The molecule has 0 bridgehead atoms. The van der Waals surface area contributed by atoms with Gasteiger partial charge in [0.2, 0.25) is 0 Å². The van der Waals surface area contributed by atoms with Crippen molar-refractivity contribution >= 4 is 22.8 Å². The first-order chi connectivity index (χ1) is 14.6. The Hall–Kier alpha value is -2.23. The topological polar surface area (TPSA) is 84.1 Å². The molecule has 0 radical (unpaired) electrons. The smallest absolute Gasteiger partial charge is 0.260 e. The predicted molar refractivity (Wildman–Crippen MR) is 117 cm³/mol. The molecule has 0 N–H and O–H groups in total. The van der Waals surface area contributed by atoms with Crippen molar-refractivity contribution in [3.63, 3.8) is 0 Å². The summed E-state index contributed by atoms with van der Waals surface area (Å²) in [6, 6.07) is 2.10. The molecule has 30 heavy (non-hydrogen) atoms. The minimum atomic E-state index is -0.00487. The number of hydrogen-bond donors (Lipinski definition) is 0. The van der Waals surface area contributed by atoms with Crippen LogP contribution in [-0.2, 0) is 16.0 Å². The minimum absolute atomic E-state index is 0.00487. The molecule has 4 rings (SSSR count). The Morgan fingerprint density at radius 3 is 2.80 bits per heavy atom. The molecule has 8 nitrogen and oxygen atoms in total. The van der Waals surface area contributed by atoms with Crippen LogP contribution in [0.1, 0.15) is 37.4 Å². The first kappa shape index (κ1) is 21.0. The summed E-state index contributed by atoms with van der Waals surface area (Å²) in [5, 5.41) is 6.02. The van der Waals surface area contributed by atoms with Gasteiger partial charge in [-0.2, -0.15) is 5.10 Å². The van der Waals surface area contributed by atoms with E-state index in [1.165, 1.54) is 11.8 Å². The highest BCUT2D eigenvalue weighted by Crippen LogP contribution is 2.32. The molecule has 9 heteroatoms. The fourth-order valence-corrected chi connectivity index (χ4v) is 4.46. The van der Waals surface area contributed by atoms with E-state index < -0.39 is 0 Å². The van der Waals surface area contributed by atoms with Gasteiger partial charge in [-0.25, -0.2) is 9.97 Å². The maximum absolute atomic E-state index is 13.6. The molecule has 0 saturated heterocycles. The lowest BCUT2D eigenvalue weighted by atomic mass is 10.1. The minimum Gasteiger partial charge on any atom is -0.359 e. The number of fused-ring (bicyclic) bond motifs is 1. The van der Waals surface area contributed by atoms with Crippen LogP contribution in [0.5, 0.6) is 0 Å². The molecule has 1 aliphatic carbocycles. The third kappa shape index (κ3) is 4.14. The van der Waals surface area contributed by atoms with Gasteiger partial charge in [0, 0.05) is 30.3 Å². The molecule has 3 aromatic rings. The van der Waals surface area contributed by atoms with E-state index in [4.69, 9.17) is 14.5 Å². The van der Waals surface area contributed by atoms with Gasteiger partial charge in [0.25, 0.3) is 5.56 Å². The second-order valence-electron chi connectivity index (χ2n) is 7.51. The molecular formula is C21H27N5O3S. The molecule has 160 valence electrons. The van der Waals surface area contributed by atoms with Gasteiger partial charge in [-0.3, -0.25) is 14.0 Å². The second-order valence-corrected chi connectivity index (χ2v) is 8.28. The molecule has 0 amide bonds. The van der Waals surface area contributed by atoms with Crippen molar-refractivity contribution in [3.8, 4) is 11.1 Å². The van der Waals surface area contributed by atoms with Crippen molar-refractivity contribution in [3.05, 3.63) is 34.5 Å². The summed E-state index contributed by atoms with van der Waals surface area (Å²) >= 11 is 1.50. The number of thioether (sulfide) groups is 1. The zero-order valence-electron chi connectivity index (χ0n) is 17.6. The molecular weight excluding hydrogens is 402 g/mol. The molecule has 0 unspecified atom stereocenters. The number of hydrogen-bond acceptors (Lipinski definition) is 7. The first-order valence-corrected chi connectivity index (χ1v) is 11.4. The zero-order chi connectivity index (χ0) is 21.1. The quantitative estimate of drug-likeness (QED) is 0.235. The van der Waals surface area contributed by atoms with Crippen molar-refractivity contribution in [2.75, 3.05) is 26.8 Å². The van der Waals surface area contributed by atoms with E-state index >= 15 is 0 Å². The Bertz CT molecular complexity index is 1090. The molecule has 0 atom stereocenters. The highest BCUT2D eigenvalue weighted by atomic mass is 32.2. The fourth-order valence-electron chi connectivity index (χ4n) is 4.05. The van der Waals surface area contributed by atoms with Crippen LogP contribution in [0.4, 0.5) is 0 Å². The molecule has 0 spiro atoms. The average molecular weight is 430 g/mol. The van der Waals surface area contributed by atoms with E-state index in [0.717, 1.165) is 48.0 Å². The first-order valence-electron chi connectivity index (χ1n) is 10.2. The number of aromatic nitrogens is 5. The van der Waals surface area contributed by atoms with Gasteiger partial charge in [-0.1, -0.05) is 24.6 Å². The Morgan fingerprint density at radius 2 is 2.07 bits per heavy atom. The third-order valence-corrected chi connectivity index (χ3v) is 6.09. The maximum Gasteiger partial charge on any atom is 0.260 e. The predicted octanol–water partition coefficient (Wildman–Crippen LogP) is 3.42. The number of methoxy groups -OCH3 is 1. The number of ether oxygens (including phenoxy) is 2. The van der Waals surface area contributed by atoms with Gasteiger partial charge in [0.15, 0.2) is 5.16 Å². The van der Waals surface area contributed by atoms with Gasteiger partial charge in [0.05, 0.1) is 30.6 Å². The Morgan fingerprint density at radius 1 is 1.27 bits per heavy atom. The lowest BCUT2D eigenvalue weighted by molar-refractivity contribution is -0.0336. The van der Waals surface area contributed by atoms with Crippen LogP contribution in [0.25, 0.3) is 22.2 Å².